The molecule has 0 aliphatic carbocycles. The predicted octanol–water partition coefficient (Wildman–Crippen LogP) is 2.34. The lowest BCUT2D eigenvalue weighted by Gasteiger charge is -2.23. The normalized spacial score (nSPS) is 25.1. The lowest BCUT2D eigenvalue weighted by molar-refractivity contribution is 0.554. The second-order valence-corrected chi connectivity index (χ2v) is 8.78. The quantitative estimate of drug-likeness (QED) is 0.924. The molecule has 22 heavy (non-hydrogen) atoms. The van der Waals surface area contributed by atoms with Crippen LogP contribution in [0.15, 0.2) is 24.3 Å². The molecule has 5 heteroatoms. The van der Waals surface area contributed by atoms with E-state index in [9.17, 15) is 8.42 Å². The molecular formula is C17H26N2O2S. The maximum atomic E-state index is 11.5. The number of nitrogens with one attached hydrogen (secondary N) is 1. The lowest BCUT2D eigenvalue weighted by Crippen LogP contribution is -2.29. The fourth-order valence-corrected chi connectivity index (χ4v) is 5.08. The zero-order chi connectivity index (χ0) is 15.4. The van der Waals surface area contributed by atoms with Gasteiger partial charge in [-0.25, -0.2) is 8.42 Å². The van der Waals surface area contributed by atoms with Crippen molar-refractivity contribution >= 4 is 15.5 Å². The van der Waals surface area contributed by atoms with Gasteiger partial charge in [-0.2, -0.15) is 0 Å². The number of nitrogens with zero attached hydrogens (tertiary/aromatic N) is 1. The van der Waals surface area contributed by atoms with E-state index in [-0.39, 0.29) is 6.04 Å². The number of sulfone groups is 1. The highest BCUT2D eigenvalue weighted by Crippen LogP contribution is 2.20. The summed E-state index contributed by atoms with van der Waals surface area (Å²) in [5, 5.41) is 3.37. The summed E-state index contributed by atoms with van der Waals surface area (Å²) in [6, 6.07) is 8.85. The Hall–Kier alpha value is -1.07. The molecule has 2 fully saturated rings. The third-order valence-corrected chi connectivity index (χ3v) is 6.50. The van der Waals surface area contributed by atoms with E-state index in [2.05, 4.69) is 34.5 Å². The molecule has 1 aromatic carbocycles. The Balaban J connectivity index is 1.53. The highest BCUT2D eigenvalue weighted by molar-refractivity contribution is 7.91. The summed E-state index contributed by atoms with van der Waals surface area (Å²) in [7, 11) is -2.79. The first-order valence-corrected chi connectivity index (χ1v) is 10.2. The predicted molar refractivity (Wildman–Crippen MR) is 91.0 cm³/mol. The van der Waals surface area contributed by atoms with Crippen molar-refractivity contribution < 1.29 is 8.42 Å². The van der Waals surface area contributed by atoms with Crippen molar-refractivity contribution in [2.45, 2.75) is 44.7 Å². The van der Waals surface area contributed by atoms with Gasteiger partial charge in [0.25, 0.3) is 0 Å². The van der Waals surface area contributed by atoms with Gasteiger partial charge in [-0.1, -0.05) is 25.0 Å². The first-order chi connectivity index (χ1) is 10.6. The molecule has 0 spiro atoms. The molecule has 2 aliphatic rings. The smallest absolute Gasteiger partial charge is 0.151 e. The van der Waals surface area contributed by atoms with Crippen molar-refractivity contribution in [3.63, 3.8) is 0 Å². The van der Waals surface area contributed by atoms with Crippen LogP contribution in [0.5, 0.6) is 0 Å². The van der Waals surface area contributed by atoms with E-state index in [1.54, 1.807) is 0 Å². The van der Waals surface area contributed by atoms with Crippen molar-refractivity contribution in [2.75, 3.05) is 29.5 Å². The summed E-state index contributed by atoms with van der Waals surface area (Å²) in [5.41, 5.74) is 2.54. The highest BCUT2D eigenvalue weighted by Gasteiger charge is 2.27. The second-order valence-electron chi connectivity index (χ2n) is 6.55. The molecule has 1 aromatic rings. The average molecular weight is 322 g/mol. The Morgan fingerprint density at radius 1 is 1.05 bits per heavy atom. The first-order valence-electron chi connectivity index (χ1n) is 8.40. The lowest BCUT2D eigenvalue weighted by atomic mass is 10.1. The minimum Gasteiger partial charge on any atom is -0.372 e. The molecule has 1 unspecified atom stereocenters. The molecule has 1 N–H and O–H groups in total. The van der Waals surface area contributed by atoms with Gasteiger partial charge in [0.2, 0.25) is 0 Å². The van der Waals surface area contributed by atoms with Crippen molar-refractivity contribution in [3.05, 3.63) is 29.8 Å². The molecule has 0 aromatic heterocycles. The van der Waals surface area contributed by atoms with E-state index in [1.807, 2.05) is 0 Å². The minimum atomic E-state index is -2.79. The Morgan fingerprint density at radius 2 is 1.73 bits per heavy atom. The van der Waals surface area contributed by atoms with Crippen molar-refractivity contribution in [2.24, 2.45) is 0 Å². The van der Waals surface area contributed by atoms with Crippen LogP contribution in [-0.2, 0) is 16.4 Å². The summed E-state index contributed by atoms with van der Waals surface area (Å²) >= 11 is 0. The number of hydrogen-bond donors (Lipinski definition) is 1. The topological polar surface area (TPSA) is 49.4 Å². The maximum absolute atomic E-state index is 11.5. The van der Waals surface area contributed by atoms with Gasteiger partial charge >= 0.3 is 0 Å². The van der Waals surface area contributed by atoms with Crippen molar-refractivity contribution in [3.8, 4) is 0 Å². The Morgan fingerprint density at radius 3 is 2.32 bits per heavy atom. The molecule has 4 nitrogen and oxygen atoms in total. The van der Waals surface area contributed by atoms with E-state index < -0.39 is 9.84 Å². The monoisotopic (exact) mass is 322 g/mol. The SMILES string of the molecule is O=S1(=O)CCC(NCc2ccc(N3CCCCCC3)cc2)C1. The number of benzene rings is 1. The standard InChI is InChI=1S/C17H26N2O2S/c20-22(21)12-9-16(14-22)18-13-15-5-7-17(8-6-15)19-10-3-1-2-4-11-19/h5-8,16,18H,1-4,9-14H2. The van der Waals surface area contributed by atoms with E-state index in [0.717, 1.165) is 26.1 Å². The third-order valence-electron chi connectivity index (χ3n) is 4.73. The zero-order valence-corrected chi connectivity index (χ0v) is 13.9. The molecule has 0 saturated carbocycles. The Labute approximate surface area is 133 Å². The van der Waals surface area contributed by atoms with Gasteiger partial charge in [-0.15, -0.1) is 0 Å². The number of rotatable bonds is 4. The van der Waals surface area contributed by atoms with Crippen LogP contribution in [0.25, 0.3) is 0 Å². The van der Waals surface area contributed by atoms with Crippen LogP contribution >= 0.6 is 0 Å². The van der Waals surface area contributed by atoms with Gasteiger partial charge in [0.05, 0.1) is 11.5 Å². The molecule has 2 heterocycles. The largest absolute Gasteiger partial charge is 0.372 e. The van der Waals surface area contributed by atoms with Crippen LogP contribution in [0.3, 0.4) is 0 Å². The van der Waals surface area contributed by atoms with Gasteiger partial charge in [0.15, 0.2) is 9.84 Å². The summed E-state index contributed by atoms with van der Waals surface area (Å²) in [6.07, 6.45) is 6.03. The van der Waals surface area contributed by atoms with Crippen LogP contribution in [0, 0.1) is 0 Å². The molecule has 122 valence electrons. The molecule has 2 saturated heterocycles. The second kappa shape index (κ2) is 7.01. The molecule has 3 rings (SSSR count). The molecule has 1 atom stereocenters. The molecule has 0 bridgehead atoms. The number of hydrogen-bond acceptors (Lipinski definition) is 4. The fraction of sp³-hybridized carbons (Fsp3) is 0.647. The fourth-order valence-electron chi connectivity index (χ4n) is 3.37. The average Bonchev–Trinajstić information content (AvgIpc) is 2.72. The molecule has 0 amide bonds. The first kappa shape index (κ1) is 15.8. The zero-order valence-electron chi connectivity index (χ0n) is 13.1. The van der Waals surface area contributed by atoms with Crippen LogP contribution in [0.4, 0.5) is 5.69 Å². The summed E-state index contributed by atoms with van der Waals surface area (Å²) in [6.45, 7) is 3.08. The van der Waals surface area contributed by atoms with Gasteiger partial charge < -0.3 is 10.2 Å². The van der Waals surface area contributed by atoms with Gasteiger partial charge in [-0.05, 0) is 37.0 Å². The molecule has 2 aliphatic heterocycles. The maximum Gasteiger partial charge on any atom is 0.151 e. The van der Waals surface area contributed by atoms with Crippen LogP contribution in [0.2, 0.25) is 0 Å². The van der Waals surface area contributed by atoms with Crippen LogP contribution in [0.1, 0.15) is 37.7 Å². The molecule has 0 radical (unpaired) electrons. The van der Waals surface area contributed by atoms with Gasteiger partial charge in [-0.3, -0.25) is 0 Å². The highest BCUT2D eigenvalue weighted by atomic mass is 32.2. The summed E-state index contributed by atoms with van der Waals surface area (Å²) < 4.78 is 22.9. The van der Waals surface area contributed by atoms with Gasteiger partial charge in [0, 0.05) is 31.4 Å². The minimum absolute atomic E-state index is 0.121. The van der Waals surface area contributed by atoms with E-state index in [0.29, 0.717) is 11.5 Å². The van der Waals surface area contributed by atoms with E-state index in [1.165, 1.54) is 36.9 Å². The van der Waals surface area contributed by atoms with Crippen molar-refractivity contribution in [1.29, 1.82) is 0 Å². The van der Waals surface area contributed by atoms with E-state index in [4.69, 9.17) is 0 Å². The summed E-state index contributed by atoms with van der Waals surface area (Å²) in [4.78, 5) is 2.48. The Bertz CT molecular complexity index is 575. The van der Waals surface area contributed by atoms with Crippen LogP contribution < -0.4 is 10.2 Å². The van der Waals surface area contributed by atoms with Crippen LogP contribution in [-0.4, -0.2) is 39.1 Å². The third kappa shape index (κ3) is 4.23. The van der Waals surface area contributed by atoms with E-state index >= 15 is 0 Å². The Kier molecular flexibility index (Phi) is 5.03. The van der Waals surface area contributed by atoms with Gasteiger partial charge in [0.1, 0.15) is 0 Å². The summed E-state index contributed by atoms with van der Waals surface area (Å²) in [5.74, 6) is 0.622. The number of anilines is 1. The molecular weight excluding hydrogens is 296 g/mol. The van der Waals surface area contributed by atoms with Crippen molar-refractivity contribution in [1.82, 2.24) is 5.32 Å².